The van der Waals surface area contributed by atoms with Crippen LogP contribution in [0.1, 0.15) is 26.5 Å². The van der Waals surface area contributed by atoms with Crippen LogP contribution >= 0.6 is 0 Å². The van der Waals surface area contributed by atoms with Gasteiger partial charge in [0.25, 0.3) is 0 Å². The Hall–Kier alpha value is -2.21. The van der Waals surface area contributed by atoms with Crippen LogP contribution in [0.15, 0.2) is 36.5 Å². The smallest absolute Gasteiger partial charge is 0.151 e. The van der Waals surface area contributed by atoms with Crippen LogP contribution < -0.4 is 9.80 Å². The van der Waals surface area contributed by atoms with Crippen molar-refractivity contribution in [3.63, 3.8) is 0 Å². The topological polar surface area (TPSA) is 48.4 Å². The molecule has 0 aliphatic carbocycles. The molecule has 6 nitrogen and oxygen atoms in total. The van der Waals surface area contributed by atoms with Crippen molar-refractivity contribution >= 4 is 11.6 Å². The maximum Gasteiger partial charge on any atom is 0.151 e. The van der Waals surface area contributed by atoms with E-state index in [9.17, 15) is 0 Å². The second-order valence-corrected chi connectivity index (χ2v) is 8.30. The van der Waals surface area contributed by atoms with E-state index in [1.165, 1.54) is 0 Å². The molecule has 0 bridgehead atoms. The Kier molecular flexibility index (Phi) is 4.53. The van der Waals surface area contributed by atoms with Crippen molar-refractivity contribution < 1.29 is 0 Å². The number of aromatic nitrogens is 3. The lowest BCUT2D eigenvalue weighted by molar-refractivity contribution is 0.156. The molecule has 0 radical (unpaired) electrons. The Morgan fingerprint density at radius 2 is 1.62 bits per heavy atom. The van der Waals surface area contributed by atoms with Gasteiger partial charge >= 0.3 is 0 Å². The number of nitrogens with zero attached hydrogens (tertiary/aromatic N) is 6. The molecule has 0 aromatic carbocycles. The molecule has 6 heteroatoms. The van der Waals surface area contributed by atoms with E-state index in [1.54, 1.807) is 0 Å². The number of anilines is 2. The van der Waals surface area contributed by atoms with Gasteiger partial charge in [-0.2, -0.15) is 5.10 Å². The monoisotopic (exact) mass is 352 g/mol. The van der Waals surface area contributed by atoms with Crippen LogP contribution in [0.5, 0.6) is 0 Å². The molecular formula is C20H28N6. The molecule has 2 aromatic rings. The van der Waals surface area contributed by atoms with E-state index < -0.39 is 0 Å². The molecule has 26 heavy (non-hydrogen) atoms. The quantitative estimate of drug-likeness (QED) is 0.844. The summed E-state index contributed by atoms with van der Waals surface area (Å²) < 4.78 is 0. The predicted octanol–water partition coefficient (Wildman–Crippen LogP) is 2.18. The van der Waals surface area contributed by atoms with Crippen LogP contribution in [0.3, 0.4) is 0 Å². The minimum absolute atomic E-state index is 0.0519. The van der Waals surface area contributed by atoms with E-state index in [1.807, 2.05) is 12.3 Å². The lowest BCUT2D eigenvalue weighted by Gasteiger charge is -2.48. The lowest BCUT2D eigenvalue weighted by atomic mass is 9.92. The van der Waals surface area contributed by atoms with Gasteiger partial charge in [-0.1, -0.05) is 26.8 Å². The molecule has 0 amide bonds. The summed E-state index contributed by atoms with van der Waals surface area (Å²) in [5.74, 6) is 2.10. The number of piperazine rings is 1. The van der Waals surface area contributed by atoms with Gasteiger partial charge in [-0.3, -0.25) is 4.90 Å². The molecule has 4 rings (SSSR count). The number of pyridine rings is 1. The lowest BCUT2D eigenvalue weighted by Crippen LogP contribution is -2.63. The Labute approximate surface area is 155 Å². The largest absolute Gasteiger partial charge is 0.354 e. The van der Waals surface area contributed by atoms with Gasteiger partial charge < -0.3 is 9.80 Å². The third-order valence-corrected chi connectivity index (χ3v) is 5.41. The molecule has 2 aliphatic rings. The van der Waals surface area contributed by atoms with Gasteiger partial charge in [0, 0.05) is 56.9 Å². The van der Waals surface area contributed by atoms with Gasteiger partial charge in [-0.15, -0.1) is 5.10 Å². The summed E-state index contributed by atoms with van der Waals surface area (Å²) in [6, 6.07) is 11.0. The van der Waals surface area contributed by atoms with E-state index in [0.29, 0.717) is 6.04 Å². The fourth-order valence-electron chi connectivity index (χ4n) is 3.62. The van der Waals surface area contributed by atoms with Crippen molar-refractivity contribution in [3.05, 3.63) is 42.2 Å². The summed E-state index contributed by atoms with van der Waals surface area (Å²) >= 11 is 0. The van der Waals surface area contributed by atoms with Gasteiger partial charge in [-0.25, -0.2) is 4.98 Å². The molecule has 138 valence electrons. The standard InChI is InChI=1S/C20H28N6/c1-20(2,3)17-7-8-19(23-22-17)26-14-16(15-26)24-10-12-25(13-11-24)18-6-4-5-9-21-18/h4-9,16H,10-15H2,1-3H3. The minimum Gasteiger partial charge on any atom is -0.354 e. The second kappa shape index (κ2) is 6.83. The zero-order valence-corrected chi connectivity index (χ0v) is 16.0. The van der Waals surface area contributed by atoms with Crippen LogP contribution in [-0.4, -0.2) is 65.4 Å². The highest BCUT2D eigenvalue weighted by Crippen LogP contribution is 2.25. The molecular weight excluding hydrogens is 324 g/mol. The average molecular weight is 352 g/mol. The van der Waals surface area contributed by atoms with Crippen molar-refractivity contribution in [1.82, 2.24) is 20.1 Å². The van der Waals surface area contributed by atoms with Crippen molar-refractivity contribution in [2.75, 3.05) is 49.1 Å². The summed E-state index contributed by atoms with van der Waals surface area (Å²) in [5, 5.41) is 8.85. The summed E-state index contributed by atoms with van der Waals surface area (Å²) in [4.78, 5) is 11.8. The van der Waals surface area contributed by atoms with Gasteiger partial charge in [0.15, 0.2) is 5.82 Å². The molecule has 0 N–H and O–H groups in total. The molecule has 0 saturated carbocycles. The molecule has 2 saturated heterocycles. The fraction of sp³-hybridized carbons (Fsp3) is 0.550. The van der Waals surface area contributed by atoms with Crippen LogP contribution in [0.25, 0.3) is 0 Å². The zero-order valence-electron chi connectivity index (χ0n) is 16.0. The van der Waals surface area contributed by atoms with Crippen LogP contribution in [0, 0.1) is 0 Å². The van der Waals surface area contributed by atoms with E-state index in [-0.39, 0.29) is 5.41 Å². The highest BCUT2D eigenvalue weighted by Gasteiger charge is 2.34. The third-order valence-electron chi connectivity index (χ3n) is 5.41. The van der Waals surface area contributed by atoms with Crippen LogP contribution in [0.4, 0.5) is 11.6 Å². The van der Waals surface area contributed by atoms with Crippen molar-refractivity contribution in [1.29, 1.82) is 0 Å². The zero-order chi connectivity index (χ0) is 18.1. The van der Waals surface area contributed by atoms with Crippen molar-refractivity contribution in [2.24, 2.45) is 0 Å². The molecule has 4 heterocycles. The van der Waals surface area contributed by atoms with Crippen molar-refractivity contribution in [3.8, 4) is 0 Å². The molecule has 2 fully saturated rings. The highest BCUT2D eigenvalue weighted by atomic mass is 15.4. The SMILES string of the molecule is CC(C)(C)c1ccc(N2CC(N3CCN(c4ccccn4)CC3)C2)nn1. The first-order valence-corrected chi connectivity index (χ1v) is 9.50. The van der Waals surface area contributed by atoms with E-state index in [2.05, 4.69) is 74.9 Å². The van der Waals surface area contributed by atoms with E-state index >= 15 is 0 Å². The molecule has 2 aromatic heterocycles. The molecule has 2 aliphatic heterocycles. The number of rotatable bonds is 3. The Morgan fingerprint density at radius 1 is 0.846 bits per heavy atom. The summed E-state index contributed by atoms with van der Waals surface area (Å²) in [5.41, 5.74) is 1.10. The predicted molar refractivity (Wildman–Crippen MR) is 105 cm³/mol. The maximum atomic E-state index is 4.47. The van der Waals surface area contributed by atoms with Crippen molar-refractivity contribution in [2.45, 2.75) is 32.2 Å². The second-order valence-electron chi connectivity index (χ2n) is 8.30. The molecule has 0 unspecified atom stereocenters. The minimum atomic E-state index is 0.0519. The Balaban J connectivity index is 1.28. The van der Waals surface area contributed by atoms with Gasteiger partial charge in [0.05, 0.1) is 5.69 Å². The maximum absolute atomic E-state index is 4.47. The van der Waals surface area contributed by atoms with Gasteiger partial charge in [-0.05, 0) is 24.3 Å². The highest BCUT2D eigenvalue weighted by molar-refractivity contribution is 5.42. The number of hydrogen-bond acceptors (Lipinski definition) is 6. The first-order chi connectivity index (χ1) is 12.5. The Bertz CT molecular complexity index is 710. The Morgan fingerprint density at radius 3 is 2.19 bits per heavy atom. The molecule has 0 spiro atoms. The first kappa shape index (κ1) is 17.2. The third kappa shape index (κ3) is 3.51. The number of hydrogen-bond donors (Lipinski definition) is 0. The summed E-state index contributed by atoms with van der Waals surface area (Å²) in [6.45, 7) is 12.9. The van der Waals surface area contributed by atoms with Gasteiger partial charge in [0.1, 0.15) is 5.82 Å². The van der Waals surface area contributed by atoms with Crippen LogP contribution in [-0.2, 0) is 5.41 Å². The van der Waals surface area contributed by atoms with E-state index in [0.717, 1.165) is 56.6 Å². The normalized spacial score (nSPS) is 19.5. The van der Waals surface area contributed by atoms with E-state index in [4.69, 9.17) is 0 Å². The first-order valence-electron chi connectivity index (χ1n) is 9.50. The molecule has 0 atom stereocenters. The average Bonchev–Trinajstić information content (AvgIpc) is 2.62. The summed E-state index contributed by atoms with van der Waals surface area (Å²) in [6.07, 6.45) is 1.87. The fourth-order valence-corrected chi connectivity index (χ4v) is 3.62. The van der Waals surface area contributed by atoms with Crippen LogP contribution in [0.2, 0.25) is 0 Å². The van der Waals surface area contributed by atoms with Gasteiger partial charge in [0.2, 0.25) is 0 Å². The summed E-state index contributed by atoms with van der Waals surface area (Å²) in [7, 11) is 0.